The minimum absolute atomic E-state index is 0.0811. The molecule has 0 aliphatic rings. The number of hydrogen-bond acceptors (Lipinski definition) is 3. The van der Waals surface area contributed by atoms with Crippen molar-refractivity contribution in [1.29, 1.82) is 0 Å². The van der Waals surface area contributed by atoms with E-state index in [0.29, 0.717) is 24.5 Å². The van der Waals surface area contributed by atoms with Gasteiger partial charge in [0.1, 0.15) is 5.76 Å². The Morgan fingerprint density at radius 2 is 2.10 bits per heavy atom. The fourth-order valence-corrected chi connectivity index (χ4v) is 2.14. The molecule has 0 fully saturated rings. The molecule has 2 aromatic rings. The molecule has 0 saturated carbocycles. The van der Waals surface area contributed by atoms with Gasteiger partial charge in [0.25, 0.3) is 5.91 Å². The summed E-state index contributed by atoms with van der Waals surface area (Å²) in [6.45, 7) is 5.11. The van der Waals surface area contributed by atoms with Crippen LogP contribution < -0.4 is 5.73 Å². The maximum absolute atomic E-state index is 12.4. The first-order valence-electron chi connectivity index (χ1n) is 6.80. The zero-order chi connectivity index (χ0) is 14.5. The van der Waals surface area contributed by atoms with E-state index < -0.39 is 0 Å². The van der Waals surface area contributed by atoms with Gasteiger partial charge in [0.15, 0.2) is 5.76 Å². The molecule has 0 aliphatic heterocycles. The summed E-state index contributed by atoms with van der Waals surface area (Å²) in [4.78, 5) is 14.2. The van der Waals surface area contributed by atoms with Crippen LogP contribution in [0.4, 0.5) is 5.69 Å². The topological polar surface area (TPSA) is 59.5 Å². The SMILES string of the molecule is CCCN(Cc1cccc(N)c1)C(=O)c1ccc(C)o1. The van der Waals surface area contributed by atoms with Gasteiger partial charge in [-0.2, -0.15) is 0 Å². The molecule has 106 valence electrons. The van der Waals surface area contributed by atoms with E-state index in [1.54, 1.807) is 17.0 Å². The van der Waals surface area contributed by atoms with Crippen LogP contribution in [-0.4, -0.2) is 17.4 Å². The van der Waals surface area contributed by atoms with Crippen LogP contribution in [0.1, 0.15) is 35.2 Å². The van der Waals surface area contributed by atoms with Crippen LogP contribution in [0, 0.1) is 6.92 Å². The number of furan rings is 1. The molecule has 2 N–H and O–H groups in total. The fourth-order valence-electron chi connectivity index (χ4n) is 2.14. The lowest BCUT2D eigenvalue weighted by atomic mass is 10.2. The number of benzene rings is 1. The largest absolute Gasteiger partial charge is 0.456 e. The van der Waals surface area contributed by atoms with Crippen molar-refractivity contribution in [2.45, 2.75) is 26.8 Å². The average Bonchev–Trinajstić information content (AvgIpc) is 2.84. The maximum atomic E-state index is 12.4. The molecule has 1 aromatic heterocycles. The van der Waals surface area contributed by atoms with Crippen molar-refractivity contribution >= 4 is 11.6 Å². The molecular formula is C16H20N2O2. The molecule has 1 heterocycles. The van der Waals surface area contributed by atoms with E-state index >= 15 is 0 Å². The van der Waals surface area contributed by atoms with Gasteiger partial charge >= 0.3 is 0 Å². The van der Waals surface area contributed by atoms with Crippen LogP contribution in [0.2, 0.25) is 0 Å². The molecule has 2 rings (SSSR count). The molecule has 0 saturated heterocycles. The standard InChI is InChI=1S/C16H20N2O2/c1-3-9-18(11-13-5-4-6-14(17)10-13)16(19)15-8-7-12(2)20-15/h4-8,10H,3,9,11,17H2,1-2H3. The molecule has 4 heteroatoms. The second kappa shape index (κ2) is 6.28. The molecule has 0 radical (unpaired) electrons. The van der Waals surface area contributed by atoms with Gasteiger partial charge < -0.3 is 15.1 Å². The van der Waals surface area contributed by atoms with Crippen LogP contribution >= 0.6 is 0 Å². The van der Waals surface area contributed by atoms with E-state index in [0.717, 1.165) is 17.7 Å². The molecule has 1 aromatic carbocycles. The van der Waals surface area contributed by atoms with Gasteiger partial charge in [-0.25, -0.2) is 0 Å². The third kappa shape index (κ3) is 3.41. The number of carbonyl (C=O) groups excluding carboxylic acids is 1. The van der Waals surface area contributed by atoms with Crippen LogP contribution in [0.15, 0.2) is 40.8 Å². The number of nitrogens with zero attached hydrogens (tertiary/aromatic N) is 1. The Bertz CT molecular complexity index is 590. The Kier molecular flexibility index (Phi) is 4.45. The first-order valence-corrected chi connectivity index (χ1v) is 6.80. The lowest BCUT2D eigenvalue weighted by Crippen LogP contribution is -2.31. The number of aryl methyl sites for hydroxylation is 1. The third-order valence-corrected chi connectivity index (χ3v) is 3.06. The van der Waals surface area contributed by atoms with Gasteiger partial charge in [-0.1, -0.05) is 19.1 Å². The molecular weight excluding hydrogens is 252 g/mol. The summed E-state index contributed by atoms with van der Waals surface area (Å²) in [6.07, 6.45) is 0.897. The van der Waals surface area contributed by atoms with E-state index in [1.807, 2.05) is 38.1 Å². The summed E-state index contributed by atoms with van der Waals surface area (Å²) in [5.74, 6) is 1.05. The van der Waals surface area contributed by atoms with Crippen LogP contribution in [0.5, 0.6) is 0 Å². The van der Waals surface area contributed by atoms with Crippen molar-refractivity contribution in [2.75, 3.05) is 12.3 Å². The summed E-state index contributed by atoms with van der Waals surface area (Å²) in [7, 11) is 0. The number of nitrogens with two attached hydrogens (primary N) is 1. The van der Waals surface area contributed by atoms with Crippen molar-refractivity contribution in [3.63, 3.8) is 0 Å². The summed E-state index contributed by atoms with van der Waals surface area (Å²) in [6, 6.07) is 11.1. The number of anilines is 1. The lowest BCUT2D eigenvalue weighted by Gasteiger charge is -2.21. The average molecular weight is 272 g/mol. The minimum Gasteiger partial charge on any atom is -0.456 e. The summed E-state index contributed by atoms with van der Waals surface area (Å²) >= 11 is 0. The number of amides is 1. The number of hydrogen-bond donors (Lipinski definition) is 1. The highest BCUT2D eigenvalue weighted by atomic mass is 16.3. The second-order valence-electron chi connectivity index (χ2n) is 4.88. The summed E-state index contributed by atoms with van der Waals surface area (Å²) in [5, 5.41) is 0. The number of rotatable bonds is 5. The van der Waals surface area contributed by atoms with Crippen molar-refractivity contribution in [3.8, 4) is 0 Å². The Morgan fingerprint density at radius 3 is 2.70 bits per heavy atom. The monoisotopic (exact) mass is 272 g/mol. The Hall–Kier alpha value is -2.23. The summed E-state index contributed by atoms with van der Waals surface area (Å²) in [5.41, 5.74) is 7.51. The molecule has 0 aliphatic carbocycles. The van der Waals surface area contributed by atoms with Crippen molar-refractivity contribution in [3.05, 3.63) is 53.5 Å². The zero-order valence-corrected chi connectivity index (χ0v) is 11.9. The van der Waals surface area contributed by atoms with Crippen molar-refractivity contribution in [2.24, 2.45) is 0 Å². The summed E-state index contributed by atoms with van der Waals surface area (Å²) < 4.78 is 5.42. The Morgan fingerprint density at radius 1 is 1.30 bits per heavy atom. The van der Waals surface area contributed by atoms with E-state index in [2.05, 4.69) is 0 Å². The highest BCUT2D eigenvalue weighted by Crippen LogP contribution is 2.14. The van der Waals surface area contributed by atoms with Crippen molar-refractivity contribution < 1.29 is 9.21 Å². The molecule has 4 nitrogen and oxygen atoms in total. The molecule has 20 heavy (non-hydrogen) atoms. The first-order chi connectivity index (χ1) is 9.60. The van der Waals surface area contributed by atoms with Crippen LogP contribution in [-0.2, 0) is 6.54 Å². The van der Waals surface area contributed by atoms with E-state index in [9.17, 15) is 4.79 Å². The quantitative estimate of drug-likeness (QED) is 0.850. The van der Waals surface area contributed by atoms with Gasteiger partial charge in [0.05, 0.1) is 0 Å². The smallest absolute Gasteiger partial charge is 0.289 e. The Balaban J connectivity index is 2.16. The molecule has 0 unspecified atom stereocenters. The van der Waals surface area contributed by atoms with Gasteiger partial charge in [-0.15, -0.1) is 0 Å². The molecule has 0 spiro atoms. The molecule has 0 bridgehead atoms. The predicted molar refractivity (Wildman–Crippen MR) is 79.3 cm³/mol. The highest BCUT2D eigenvalue weighted by molar-refractivity contribution is 5.91. The molecule has 1 amide bonds. The van der Waals surface area contributed by atoms with Crippen LogP contribution in [0.3, 0.4) is 0 Å². The number of nitrogen functional groups attached to an aromatic ring is 1. The lowest BCUT2D eigenvalue weighted by molar-refractivity contribution is 0.0709. The maximum Gasteiger partial charge on any atom is 0.289 e. The normalized spacial score (nSPS) is 10.5. The first kappa shape index (κ1) is 14.2. The van der Waals surface area contributed by atoms with Crippen LogP contribution in [0.25, 0.3) is 0 Å². The number of carbonyl (C=O) groups is 1. The third-order valence-electron chi connectivity index (χ3n) is 3.06. The predicted octanol–water partition coefficient (Wildman–Crippen LogP) is 3.22. The van der Waals surface area contributed by atoms with E-state index in [1.165, 1.54) is 0 Å². The van der Waals surface area contributed by atoms with Gasteiger partial charge in [-0.05, 0) is 43.2 Å². The molecule has 0 atom stereocenters. The van der Waals surface area contributed by atoms with E-state index in [4.69, 9.17) is 10.2 Å². The van der Waals surface area contributed by atoms with Gasteiger partial charge in [0, 0.05) is 18.8 Å². The van der Waals surface area contributed by atoms with Gasteiger partial charge in [0.2, 0.25) is 0 Å². The van der Waals surface area contributed by atoms with Gasteiger partial charge in [-0.3, -0.25) is 4.79 Å². The Labute approximate surface area is 119 Å². The second-order valence-corrected chi connectivity index (χ2v) is 4.88. The fraction of sp³-hybridized carbons (Fsp3) is 0.312. The zero-order valence-electron chi connectivity index (χ0n) is 11.9. The highest BCUT2D eigenvalue weighted by Gasteiger charge is 2.18. The minimum atomic E-state index is -0.0811. The van der Waals surface area contributed by atoms with Crippen molar-refractivity contribution in [1.82, 2.24) is 4.90 Å². The van der Waals surface area contributed by atoms with E-state index in [-0.39, 0.29) is 5.91 Å².